The third kappa shape index (κ3) is 2.53. The van der Waals surface area contributed by atoms with Gasteiger partial charge in [0.05, 0.1) is 5.69 Å². The second kappa shape index (κ2) is 4.33. The van der Waals surface area contributed by atoms with Gasteiger partial charge in [-0.05, 0) is 37.5 Å². The number of carbonyl (C=O) groups is 1. The molecule has 72 valence electrons. The van der Waals surface area contributed by atoms with Crippen LogP contribution in [0.5, 0.6) is 5.75 Å². The number of amides is 1. The average molecular weight is 189 g/mol. The molecule has 3 heteroatoms. The minimum absolute atomic E-state index is 0.0521. The van der Waals surface area contributed by atoms with Crippen LogP contribution in [-0.4, -0.2) is 11.0 Å². The summed E-state index contributed by atoms with van der Waals surface area (Å²) in [6.45, 7) is 3.44. The van der Waals surface area contributed by atoms with Crippen molar-refractivity contribution in [3.05, 3.63) is 23.8 Å². The first kappa shape index (κ1) is 10.1. The van der Waals surface area contributed by atoms with Crippen molar-refractivity contribution in [2.75, 3.05) is 5.32 Å². The van der Waals surface area contributed by atoms with Crippen LogP contribution in [0.3, 0.4) is 0 Å². The summed E-state index contributed by atoms with van der Waals surface area (Å²) < 4.78 is 0. The topological polar surface area (TPSA) is 49.3 Å². The Balaban J connectivity index is 2.85. The molecule has 0 atom stereocenters. The van der Waals surface area contributed by atoms with Crippen LogP contribution in [0.4, 0.5) is 5.69 Å². The maximum absolute atomic E-state index is 11.1. The van der Waals surface area contributed by atoms with Crippen molar-refractivity contribution in [2.24, 2.45) is 0 Å². The van der Waals surface area contributed by atoms with E-state index in [1.165, 1.54) is 0 Å². The number of hydrogen-bond acceptors (Lipinski definition) is 2. The number of phenols is 1. The molecular weight excluding hydrogens is 178 g/mol. The number of phenolic OH excluding ortho intramolecular Hbond substituents is 1. The van der Waals surface area contributed by atoms with Gasteiger partial charge in [-0.2, -0.15) is 0 Å². The Labute approximate surface area is 82.8 Å². The number of rotatable bonds is 1. The maximum atomic E-state index is 11.1. The van der Waals surface area contributed by atoms with Crippen LogP contribution < -0.4 is 5.32 Å². The molecule has 2 N–H and O–H groups in total. The molecule has 0 aliphatic rings. The molecule has 0 unspecified atom stereocenters. The van der Waals surface area contributed by atoms with Crippen molar-refractivity contribution < 1.29 is 9.90 Å². The van der Waals surface area contributed by atoms with Crippen molar-refractivity contribution >= 4 is 11.6 Å². The maximum Gasteiger partial charge on any atom is 0.300 e. The number of carbonyl (C=O) groups excluding carboxylic acids is 1. The summed E-state index contributed by atoms with van der Waals surface area (Å²) in [5, 5.41) is 11.9. The Bertz CT molecular complexity index is 413. The Kier molecular flexibility index (Phi) is 3.14. The summed E-state index contributed by atoms with van der Waals surface area (Å²) >= 11 is 0. The van der Waals surface area contributed by atoms with Gasteiger partial charge in [0.25, 0.3) is 5.91 Å². The molecule has 1 rings (SSSR count). The van der Waals surface area contributed by atoms with E-state index >= 15 is 0 Å². The van der Waals surface area contributed by atoms with E-state index in [0.717, 1.165) is 5.56 Å². The lowest BCUT2D eigenvalue weighted by molar-refractivity contribution is -0.111. The molecular formula is C11H11NO2. The summed E-state index contributed by atoms with van der Waals surface area (Å²) in [7, 11) is 0. The highest BCUT2D eigenvalue weighted by Crippen LogP contribution is 2.23. The molecule has 0 aliphatic carbocycles. The molecule has 0 saturated carbocycles. The zero-order valence-corrected chi connectivity index (χ0v) is 8.09. The summed E-state index contributed by atoms with van der Waals surface area (Å²) in [6.07, 6.45) is 0. The molecule has 0 fully saturated rings. The van der Waals surface area contributed by atoms with E-state index in [1.807, 2.05) is 6.92 Å². The third-order valence-corrected chi connectivity index (χ3v) is 1.64. The average Bonchev–Trinajstić information content (AvgIpc) is 2.10. The predicted molar refractivity (Wildman–Crippen MR) is 54.9 cm³/mol. The first-order chi connectivity index (χ1) is 6.63. The van der Waals surface area contributed by atoms with Crippen molar-refractivity contribution in [1.82, 2.24) is 0 Å². The van der Waals surface area contributed by atoms with Crippen LogP contribution in [0.25, 0.3) is 0 Å². The highest BCUT2D eigenvalue weighted by Gasteiger charge is 2.03. The largest absolute Gasteiger partial charge is 0.506 e. The van der Waals surface area contributed by atoms with Crippen molar-refractivity contribution in [3.8, 4) is 17.6 Å². The highest BCUT2D eigenvalue weighted by molar-refractivity contribution is 6.04. The molecule has 0 aromatic heterocycles. The Morgan fingerprint density at radius 1 is 1.50 bits per heavy atom. The van der Waals surface area contributed by atoms with Crippen LogP contribution in [0, 0.1) is 18.8 Å². The summed E-state index contributed by atoms with van der Waals surface area (Å²) in [6, 6.07) is 5.02. The number of nitrogens with one attached hydrogen (secondary N) is 1. The van der Waals surface area contributed by atoms with E-state index in [1.54, 1.807) is 25.1 Å². The van der Waals surface area contributed by atoms with Gasteiger partial charge in [-0.1, -0.05) is 12.0 Å². The Hall–Kier alpha value is -1.95. The second-order valence-electron chi connectivity index (χ2n) is 2.85. The van der Waals surface area contributed by atoms with E-state index in [9.17, 15) is 9.90 Å². The quantitative estimate of drug-likeness (QED) is 0.521. The lowest BCUT2D eigenvalue weighted by Crippen LogP contribution is -2.08. The minimum Gasteiger partial charge on any atom is -0.506 e. The van der Waals surface area contributed by atoms with E-state index < -0.39 is 5.91 Å². The number of anilines is 1. The summed E-state index contributed by atoms with van der Waals surface area (Å²) in [4.78, 5) is 11.1. The minimum atomic E-state index is -0.424. The smallest absolute Gasteiger partial charge is 0.300 e. The standard InChI is InChI=1S/C11H11NO2/c1-3-4-11(14)12-9-6-5-8(2)7-10(9)13/h5-7,13H,1-2H3,(H,12,14). The fourth-order valence-corrected chi connectivity index (χ4v) is 1.01. The normalized spacial score (nSPS) is 8.71. The molecule has 1 amide bonds. The van der Waals surface area contributed by atoms with Gasteiger partial charge in [-0.3, -0.25) is 4.79 Å². The van der Waals surface area contributed by atoms with Gasteiger partial charge < -0.3 is 10.4 Å². The molecule has 1 aromatic carbocycles. The molecule has 1 aromatic rings. The van der Waals surface area contributed by atoms with Gasteiger partial charge in [0.2, 0.25) is 0 Å². The third-order valence-electron chi connectivity index (χ3n) is 1.64. The van der Waals surface area contributed by atoms with Crippen molar-refractivity contribution in [2.45, 2.75) is 13.8 Å². The lowest BCUT2D eigenvalue weighted by Gasteiger charge is -2.04. The Morgan fingerprint density at radius 2 is 2.21 bits per heavy atom. The number of benzene rings is 1. The van der Waals surface area contributed by atoms with Crippen LogP contribution in [-0.2, 0) is 4.79 Å². The first-order valence-corrected chi connectivity index (χ1v) is 4.17. The molecule has 0 aliphatic heterocycles. The van der Waals surface area contributed by atoms with E-state index in [0.29, 0.717) is 5.69 Å². The summed E-state index contributed by atoms with van der Waals surface area (Å²) in [5.41, 5.74) is 1.31. The fourth-order valence-electron chi connectivity index (χ4n) is 1.01. The van der Waals surface area contributed by atoms with E-state index in [-0.39, 0.29) is 5.75 Å². The van der Waals surface area contributed by atoms with Gasteiger partial charge in [0, 0.05) is 0 Å². The van der Waals surface area contributed by atoms with Gasteiger partial charge in [-0.15, -0.1) is 0 Å². The zero-order valence-electron chi connectivity index (χ0n) is 8.09. The van der Waals surface area contributed by atoms with Crippen LogP contribution >= 0.6 is 0 Å². The SMILES string of the molecule is CC#CC(=O)Nc1ccc(C)cc1O. The van der Waals surface area contributed by atoms with Gasteiger partial charge >= 0.3 is 0 Å². The van der Waals surface area contributed by atoms with Gasteiger partial charge in [0.1, 0.15) is 5.75 Å². The van der Waals surface area contributed by atoms with Crippen LogP contribution in [0.15, 0.2) is 18.2 Å². The van der Waals surface area contributed by atoms with Gasteiger partial charge in [0.15, 0.2) is 0 Å². The molecule has 0 spiro atoms. The van der Waals surface area contributed by atoms with Crippen molar-refractivity contribution in [1.29, 1.82) is 0 Å². The zero-order chi connectivity index (χ0) is 10.6. The molecule has 0 heterocycles. The molecule has 0 bridgehead atoms. The summed E-state index contributed by atoms with van der Waals surface area (Å²) in [5.74, 6) is 4.43. The van der Waals surface area contributed by atoms with Crippen molar-refractivity contribution in [3.63, 3.8) is 0 Å². The molecule has 0 radical (unpaired) electrons. The van der Waals surface area contributed by atoms with E-state index in [4.69, 9.17) is 0 Å². The first-order valence-electron chi connectivity index (χ1n) is 4.17. The number of aryl methyl sites for hydroxylation is 1. The predicted octanol–water partition coefficient (Wildman–Crippen LogP) is 1.66. The fraction of sp³-hybridized carbons (Fsp3) is 0.182. The number of hydrogen-bond donors (Lipinski definition) is 2. The Morgan fingerprint density at radius 3 is 2.79 bits per heavy atom. The molecule has 0 saturated heterocycles. The van der Waals surface area contributed by atoms with Crippen LogP contribution in [0.2, 0.25) is 0 Å². The van der Waals surface area contributed by atoms with Gasteiger partial charge in [-0.25, -0.2) is 0 Å². The van der Waals surface area contributed by atoms with E-state index in [2.05, 4.69) is 17.2 Å². The molecule has 3 nitrogen and oxygen atoms in total. The van der Waals surface area contributed by atoms with Crippen LogP contribution in [0.1, 0.15) is 12.5 Å². The molecule has 14 heavy (non-hydrogen) atoms. The monoisotopic (exact) mass is 189 g/mol. The lowest BCUT2D eigenvalue weighted by atomic mass is 10.2. The second-order valence-corrected chi connectivity index (χ2v) is 2.85. The highest BCUT2D eigenvalue weighted by atomic mass is 16.3. The number of aromatic hydroxyl groups is 1.